The fourth-order valence-electron chi connectivity index (χ4n) is 4.93. The van der Waals surface area contributed by atoms with E-state index in [0.717, 1.165) is 56.6 Å². The molecule has 5 heterocycles. The molecule has 0 radical (unpaired) electrons. The lowest BCUT2D eigenvalue weighted by molar-refractivity contribution is -0.124. The minimum atomic E-state index is -0.862. The van der Waals surface area contributed by atoms with Crippen molar-refractivity contribution in [3.8, 4) is 11.4 Å². The van der Waals surface area contributed by atoms with Crippen LogP contribution in [-0.2, 0) is 20.9 Å². The summed E-state index contributed by atoms with van der Waals surface area (Å²) >= 11 is 6.11. The van der Waals surface area contributed by atoms with Crippen LogP contribution in [0.15, 0.2) is 59.4 Å². The minimum absolute atomic E-state index is 0.0192. The Labute approximate surface area is 247 Å². The molecule has 42 heavy (non-hydrogen) atoms. The zero-order valence-electron chi connectivity index (χ0n) is 23.6. The first-order valence-corrected chi connectivity index (χ1v) is 13.9. The van der Waals surface area contributed by atoms with Gasteiger partial charge in [0.15, 0.2) is 12.1 Å². The van der Waals surface area contributed by atoms with Gasteiger partial charge in [0, 0.05) is 61.5 Å². The van der Waals surface area contributed by atoms with Gasteiger partial charge in [-0.2, -0.15) is 0 Å². The van der Waals surface area contributed by atoms with Crippen molar-refractivity contribution in [2.24, 2.45) is 5.41 Å². The van der Waals surface area contributed by atoms with Gasteiger partial charge in [0.2, 0.25) is 5.95 Å². The number of allylic oxidation sites excluding steroid dienone is 3. The number of aryl methyl sites for hydroxylation is 1. The highest BCUT2D eigenvalue weighted by Crippen LogP contribution is 2.39. The van der Waals surface area contributed by atoms with Crippen LogP contribution >= 0.6 is 11.6 Å². The molecule has 5 rings (SSSR count). The molecule has 0 bridgehead atoms. The number of aromatic nitrogens is 4. The van der Waals surface area contributed by atoms with Gasteiger partial charge in [0.1, 0.15) is 28.9 Å². The summed E-state index contributed by atoms with van der Waals surface area (Å²) in [4.78, 5) is 33.2. The van der Waals surface area contributed by atoms with Crippen LogP contribution in [0.3, 0.4) is 0 Å². The molecule has 0 saturated carbocycles. The van der Waals surface area contributed by atoms with Gasteiger partial charge < -0.3 is 19.3 Å². The van der Waals surface area contributed by atoms with E-state index < -0.39 is 11.6 Å². The summed E-state index contributed by atoms with van der Waals surface area (Å²) in [6.45, 7) is 6.85. The third-order valence-electron chi connectivity index (χ3n) is 7.72. The van der Waals surface area contributed by atoms with E-state index >= 15 is 0 Å². The van der Waals surface area contributed by atoms with Gasteiger partial charge in [-0.3, -0.25) is 14.8 Å². The molecule has 0 aromatic carbocycles. The summed E-state index contributed by atoms with van der Waals surface area (Å²) in [6, 6.07) is 4.47. The van der Waals surface area contributed by atoms with Crippen molar-refractivity contribution in [2.45, 2.75) is 33.3 Å². The van der Waals surface area contributed by atoms with E-state index in [0.29, 0.717) is 40.8 Å². The van der Waals surface area contributed by atoms with Gasteiger partial charge in [-0.05, 0) is 44.4 Å². The van der Waals surface area contributed by atoms with E-state index in [1.807, 2.05) is 37.9 Å². The number of aldehydes is 1. The number of nitrogens with zero attached hydrogens (tertiary/aromatic N) is 6. The van der Waals surface area contributed by atoms with Crippen molar-refractivity contribution in [1.29, 1.82) is 0 Å². The van der Waals surface area contributed by atoms with E-state index in [4.69, 9.17) is 26.1 Å². The topological polar surface area (TPSA) is 93.6 Å². The van der Waals surface area contributed by atoms with E-state index in [2.05, 4.69) is 19.9 Å². The summed E-state index contributed by atoms with van der Waals surface area (Å²) in [6.07, 6.45) is 8.53. The summed E-state index contributed by atoms with van der Waals surface area (Å²) in [5, 5.41) is -0.209. The quantitative estimate of drug-likeness (QED) is 0.140. The molecule has 0 amide bonds. The van der Waals surface area contributed by atoms with Crippen LogP contribution in [0.25, 0.3) is 11.4 Å². The molecule has 0 atom stereocenters. The Kier molecular flexibility index (Phi) is 8.79. The van der Waals surface area contributed by atoms with Crippen LogP contribution in [0.5, 0.6) is 0 Å². The third-order valence-corrected chi connectivity index (χ3v) is 8.00. The summed E-state index contributed by atoms with van der Waals surface area (Å²) in [7, 11) is 1.85. The number of carbonyl (C=O) groups excluding carboxylic acids is 1. The van der Waals surface area contributed by atoms with Gasteiger partial charge in [0.25, 0.3) is 0 Å². The number of carbonyl (C=O) groups is 1. The van der Waals surface area contributed by atoms with Crippen molar-refractivity contribution in [1.82, 2.24) is 19.9 Å². The Morgan fingerprint density at radius 3 is 2.60 bits per heavy atom. The van der Waals surface area contributed by atoms with Crippen LogP contribution in [0.1, 0.15) is 31.0 Å². The first kappa shape index (κ1) is 29.5. The lowest BCUT2D eigenvalue weighted by Gasteiger charge is -2.47. The van der Waals surface area contributed by atoms with Crippen molar-refractivity contribution in [3.63, 3.8) is 0 Å². The maximum absolute atomic E-state index is 14.0. The van der Waals surface area contributed by atoms with Crippen LogP contribution in [0.2, 0.25) is 0 Å². The maximum atomic E-state index is 14.0. The van der Waals surface area contributed by atoms with Gasteiger partial charge in [0.05, 0.1) is 30.8 Å². The van der Waals surface area contributed by atoms with Crippen molar-refractivity contribution in [3.05, 3.63) is 82.2 Å². The largest absolute Gasteiger partial charge is 0.485 e. The van der Waals surface area contributed by atoms with Gasteiger partial charge in [-0.25, -0.2) is 18.7 Å². The summed E-state index contributed by atoms with van der Waals surface area (Å²) < 4.78 is 38.3. The molecule has 220 valence electrons. The van der Waals surface area contributed by atoms with Crippen LogP contribution in [0, 0.1) is 24.0 Å². The second-order valence-electron chi connectivity index (χ2n) is 10.6. The van der Waals surface area contributed by atoms with Gasteiger partial charge in [-0.1, -0.05) is 11.6 Å². The molecule has 12 heteroatoms. The zero-order chi connectivity index (χ0) is 29.9. The van der Waals surface area contributed by atoms with Crippen molar-refractivity contribution >= 4 is 29.5 Å². The number of halogens is 3. The summed E-state index contributed by atoms with van der Waals surface area (Å²) in [5.41, 5.74) is 3.99. The lowest BCUT2D eigenvalue weighted by atomic mass is 9.77. The molecule has 3 aromatic rings. The Bertz CT molecular complexity index is 1540. The molecular formula is C30H31ClF2N6O3. The Balaban J connectivity index is 1.34. The number of anilines is 2. The maximum Gasteiger partial charge on any atom is 0.225 e. The predicted molar refractivity (Wildman–Crippen MR) is 155 cm³/mol. The van der Waals surface area contributed by atoms with Crippen LogP contribution in [0.4, 0.5) is 20.4 Å². The molecule has 2 fully saturated rings. The molecule has 1 spiro atoms. The van der Waals surface area contributed by atoms with Crippen molar-refractivity contribution in [2.75, 3.05) is 43.2 Å². The van der Waals surface area contributed by atoms with E-state index in [9.17, 15) is 13.6 Å². The number of piperidine rings is 1. The lowest BCUT2D eigenvalue weighted by Crippen LogP contribution is -2.51. The smallest absolute Gasteiger partial charge is 0.225 e. The monoisotopic (exact) mass is 596 g/mol. The first-order valence-electron chi connectivity index (χ1n) is 13.5. The fraction of sp³-hybridized carbons (Fsp3) is 0.367. The van der Waals surface area contributed by atoms with Crippen LogP contribution < -0.4 is 9.80 Å². The molecule has 2 aliphatic heterocycles. The number of rotatable bonds is 9. The molecular weight excluding hydrogens is 566 g/mol. The highest BCUT2D eigenvalue weighted by atomic mass is 35.5. The molecule has 2 aliphatic rings. The molecule has 0 N–H and O–H groups in total. The Morgan fingerprint density at radius 1 is 1.17 bits per heavy atom. The molecule has 3 aromatic heterocycles. The zero-order valence-corrected chi connectivity index (χ0v) is 24.4. The molecule has 0 aliphatic carbocycles. The second-order valence-corrected chi connectivity index (χ2v) is 11.0. The average molecular weight is 597 g/mol. The number of hydrogen-bond donors (Lipinski definition) is 0. The standard InChI is InChI=1S/C30H31ClF2N6O3/c1-19-13-35-25(24-4-7-34-29(37-24)39-8-5-30(6-9-39)17-41-18-30)12-27(19)38(3)20(2)10-28(22(31)15-40)42-16-26-23(33)11-21(32)14-36-26/h4,7,10-15H,5-6,8-9,16-18H2,1-3H3/b20-10-,28-22-. The molecule has 0 unspecified atom stereocenters. The molecule has 9 nitrogen and oxygen atoms in total. The Hall–Kier alpha value is -3.96. The normalized spacial score (nSPS) is 17.0. The van der Waals surface area contributed by atoms with Crippen molar-refractivity contribution < 1.29 is 23.0 Å². The molecule has 2 saturated heterocycles. The first-order chi connectivity index (χ1) is 20.2. The van der Waals surface area contributed by atoms with Gasteiger partial charge >= 0.3 is 0 Å². The van der Waals surface area contributed by atoms with E-state index in [-0.39, 0.29) is 23.1 Å². The fourth-order valence-corrected chi connectivity index (χ4v) is 5.04. The minimum Gasteiger partial charge on any atom is -0.485 e. The predicted octanol–water partition coefficient (Wildman–Crippen LogP) is 5.34. The highest BCUT2D eigenvalue weighted by molar-refractivity contribution is 6.39. The number of ether oxygens (including phenoxy) is 2. The summed E-state index contributed by atoms with van der Waals surface area (Å²) in [5.74, 6) is -0.965. The van der Waals surface area contributed by atoms with Crippen LogP contribution in [-0.4, -0.2) is 59.6 Å². The second kappa shape index (κ2) is 12.5. The average Bonchev–Trinajstić information content (AvgIpc) is 2.98. The van der Waals surface area contributed by atoms with E-state index in [1.54, 1.807) is 18.5 Å². The third kappa shape index (κ3) is 6.42. The van der Waals surface area contributed by atoms with Gasteiger partial charge in [-0.15, -0.1) is 0 Å². The van der Waals surface area contributed by atoms with E-state index in [1.165, 1.54) is 0 Å². The number of pyridine rings is 2. The highest BCUT2D eigenvalue weighted by Gasteiger charge is 2.41. The Morgan fingerprint density at radius 2 is 1.93 bits per heavy atom. The number of hydrogen-bond acceptors (Lipinski definition) is 9. The SMILES string of the molecule is C/C(=C/C(OCc1ncc(F)cc1F)=C(/Cl)C=O)N(C)c1cc(-c2ccnc(N3CCC4(CC3)COC4)n2)ncc1C.